The number of amides is 1. The van der Waals surface area contributed by atoms with E-state index in [9.17, 15) is 9.90 Å². The Morgan fingerprint density at radius 2 is 1.88 bits per heavy atom. The Bertz CT molecular complexity index is 1050. The molecule has 0 aliphatic carbocycles. The van der Waals surface area contributed by atoms with Gasteiger partial charge in [-0.2, -0.15) is 0 Å². The molecule has 0 bridgehead atoms. The highest BCUT2D eigenvalue weighted by molar-refractivity contribution is 6.31. The number of carbonyl (C=O) groups is 1. The van der Waals surface area contributed by atoms with Gasteiger partial charge in [0.1, 0.15) is 11.4 Å². The van der Waals surface area contributed by atoms with Crippen LogP contribution in [0.5, 0.6) is 17.2 Å². The van der Waals surface area contributed by atoms with E-state index in [4.69, 9.17) is 26.1 Å². The Morgan fingerprint density at radius 1 is 1.16 bits per heavy atom. The molecule has 1 amide bonds. The molecule has 2 heterocycles. The largest absolute Gasteiger partial charge is 0.507 e. The summed E-state index contributed by atoms with van der Waals surface area (Å²) < 4.78 is 10.9. The molecule has 4 rings (SSSR count). The van der Waals surface area contributed by atoms with E-state index in [1.165, 1.54) is 0 Å². The van der Waals surface area contributed by atoms with Gasteiger partial charge in [-0.25, -0.2) is 0 Å². The van der Waals surface area contributed by atoms with Gasteiger partial charge in [-0.05, 0) is 35.9 Å². The summed E-state index contributed by atoms with van der Waals surface area (Å²) in [5, 5.41) is 14.8. The molecule has 2 aromatic rings. The van der Waals surface area contributed by atoms with Crippen LogP contribution in [0, 0.1) is 0 Å². The second-order valence-electron chi connectivity index (χ2n) is 8.27. The van der Waals surface area contributed by atoms with Crippen LogP contribution in [0.2, 0.25) is 5.02 Å². The van der Waals surface area contributed by atoms with E-state index in [1.807, 2.05) is 23.1 Å². The maximum absolute atomic E-state index is 11.9. The molecule has 2 N–H and O–H groups in total. The number of ether oxygens (including phenoxy) is 2. The average Bonchev–Trinajstić information content (AvgIpc) is 2.80. The van der Waals surface area contributed by atoms with E-state index < -0.39 is 5.66 Å². The fourth-order valence-electron chi connectivity index (χ4n) is 4.53. The number of nitrogens with one attached hydrogen (secondary N) is 1. The minimum Gasteiger partial charge on any atom is -0.507 e. The van der Waals surface area contributed by atoms with Crippen molar-refractivity contribution in [1.29, 1.82) is 0 Å². The Balaban J connectivity index is 1.74. The number of carbonyl (C=O) groups excluding carboxylic acids is 1. The maximum Gasteiger partial charge on any atom is 0.219 e. The Hall–Kier alpha value is -2.77. The lowest BCUT2D eigenvalue weighted by molar-refractivity contribution is -0.130. The number of phenolic OH excluding ortho intramolecular Hbond substituents is 1. The molecule has 2 aliphatic heterocycles. The summed E-state index contributed by atoms with van der Waals surface area (Å²) in [6.07, 6.45) is 1.93. The molecule has 7 nitrogen and oxygen atoms in total. The van der Waals surface area contributed by atoms with E-state index >= 15 is 0 Å². The molecule has 0 saturated carbocycles. The number of halogens is 1. The third-order valence-corrected chi connectivity index (χ3v) is 6.54. The Labute approximate surface area is 193 Å². The molecule has 170 valence electrons. The topological polar surface area (TPSA) is 83.4 Å². The van der Waals surface area contributed by atoms with E-state index in [0.29, 0.717) is 54.4 Å². The highest BCUT2D eigenvalue weighted by Crippen LogP contribution is 2.39. The number of phenols is 1. The lowest BCUT2D eigenvalue weighted by Crippen LogP contribution is -2.56. The number of aromatic hydroxyl groups is 1. The third kappa shape index (κ3) is 4.40. The molecule has 1 atom stereocenters. The zero-order chi connectivity index (χ0) is 22.9. The second-order valence-corrected chi connectivity index (χ2v) is 8.71. The molecule has 2 aromatic carbocycles. The Morgan fingerprint density at radius 3 is 2.53 bits per heavy atom. The Kier molecular flexibility index (Phi) is 6.31. The van der Waals surface area contributed by atoms with Gasteiger partial charge in [-0.1, -0.05) is 17.7 Å². The quantitative estimate of drug-likeness (QED) is 0.726. The van der Waals surface area contributed by atoms with E-state index in [-0.39, 0.29) is 17.7 Å². The van der Waals surface area contributed by atoms with Crippen LogP contribution in [-0.4, -0.2) is 54.6 Å². The van der Waals surface area contributed by atoms with Gasteiger partial charge >= 0.3 is 0 Å². The predicted octanol–water partition coefficient (Wildman–Crippen LogP) is 3.93. The minimum atomic E-state index is -0.536. The van der Waals surface area contributed by atoms with Crippen LogP contribution in [0.25, 0.3) is 0 Å². The molecule has 2 aliphatic rings. The van der Waals surface area contributed by atoms with Crippen molar-refractivity contribution in [2.75, 3.05) is 27.3 Å². The first-order chi connectivity index (χ1) is 15.3. The van der Waals surface area contributed by atoms with Gasteiger partial charge in [0.2, 0.25) is 5.91 Å². The predicted molar refractivity (Wildman–Crippen MR) is 124 cm³/mol. The normalized spacial score (nSPS) is 20.1. The van der Waals surface area contributed by atoms with Gasteiger partial charge in [0.05, 0.1) is 14.2 Å². The average molecular weight is 458 g/mol. The lowest BCUT2D eigenvalue weighted by atomic mass is 9.87. The van der Waals surface area contributed by atoms with Crippen LogP contribution in [-0.2, 0) is 4.79 Å². The van der Waals surface area contributed by atoms with Gasteiger partial charge in [0.15, 0.2) is 11.5 Å². The molecule has 0 aromatic heterocycles. The summed E-state index contributed by atoms with van der Waals surface area (Å²) in [4.78, 5) is 18.8. The van der Waals surface area contributed by atoms with E-state index in [1.54, 1.807) is 39.3 Å². The standard InChI is InChI=1S/C24H28ClN3O4/c1-15(29)28-10-8-24(9-11-28)26-19(16-4-7-22(31-2)23(12-16)32-3)14-20(27-24)18-13-17(25)5-6-21(18)30/h4-7,12-13,19,26,30H,8-11,14H2,1-3H3/t19-/m1/s1. The number of likely N-dealkylation sites (tertiary alicyclic amines) is 1. The van der Waals surface area contributed by atoms with Crippen LogP contribution < -0.4 is 14.8 Å². The van der Waals surface area contributed by atoms with Crippen LogP contribution in [0.4, 0.5) is 0 Å². The van der Waals surface area contributed by atoms with Gasteiger partial charge in [0.25, 0.3) is 0 Å². The van der Waals surface area contributed by atoms with Crippen molar-refractivity contribution in [3.05, 3.63) is 52.5 Å². The number of hydrogen-bond acceptors (Lipinski definition) is 6. The molecule has 8 heteroatoms. The van der Waals surface area contributed by atoms with Gasteiger partial charge in [-0.3, -0.25) is 15.1 Å². The fraction of sp³-hybridized carbons (Fsp3) is 0.417. The van der Waals surface area contributed by atoms with Crippen LogP contribution >= 0.6 is 11.6 Å². The number of rotatable bonds is 4. The lowest BCUT2D eigenvalue weighted by Gasteiger charge is -2.45. The summed E-state index contributed by atoms with van der Waals surface area (Å²) in [5.74, 6) is 1.54. The van der Waals surface area contributed by atoms with Crippen molar-refractivity contribution < 1.29 is 19.4 Å². The summed E-state index contributed by atoms with van der Waals surface area (Å²) in [6.45, 7) is 2.84. The maximum atomic E-state index is 11.9. The molecule has 0 unspecified atom stereocenters. The summed E-state index contributed by atoms with van der Waals surface area (Å²) in [5.41, 5.74) is 1.93. The fourth-order valence-corrected chi connectivity index (χ4v) is 4.71. The monoisotopic (exact) mass is 457 g/mol. The van der Waals surface area contributed by atoms with Gasteiger partial charge in [0, 0.05) is 61.6 Å². The molecule has 0 radical (unpaired) electrons. The van der Waals surface area contributed by atoms with Gasteiger partial charge in [-0.15, -0.1) is 0 Å². The van der Waals surface area contributed by atoms with E-state index in [2.05, 4.69) is 5.32 Å². The van der Waals surface area contributed by atoms with Crippen molar-refractivity contribution in [1.82, 2.24) is 10.2 Å². The summed E-state index contributed by atoms with van der Waals surface area (Å²) >= 11 is 6.24. The summed E-state index contributed by atoms with van der Waals surface area (Å²) in [7, 11) is 3.23. The minimum absolute atomic E-state index is 0.0652. The molecular formula is C24H28ClN3O4. The smallest absolute Gasteiger partial charge is 0.219 e. The molecule has 1 spiro atoms. The highest BCUT2D eigenvalue weighted by Gasteiger charge is 2.41. The summed E-state index contributed by atoms with van der Waals surface area (Å²) in [6, 6.07) is 10.8. The first-order valence-electron chi connectivity index (χ1n) is 10.7. The number of benzene rings is 2. The number of piperidine rings is 1. The zero-order valence-corrected chi connectivity index (χ0v) is 19.3. The number of hydrogen-bond donors (Lipinski definition) is 2. The van der Waals surface area contributed by atoms with Crippen molar-refractivity contribution in [3.8, 4) is 17.2 Å². The molecular weight excluding hydrogens is 430 g/mol. The van der Waals surface area contributed by atoms with Crippen molar-refractivity contribution in [2.45, 2.75) is 37.9 Å². The molecule has 1 fully saturated rings. The van der Waals surface area contributed by atoms with Crippen molar-refractivity contribution >= 4 is 23.2 Å². The molecule has 1 saturated heterocycles. The van der Waals surface area contributed by atoms with Crippen LogP contribution in [0.15, 0.2) is 41.4 Å². The first-order valence-corrected chi connectivity index (χ1v) is 11.0. The number of nitrogens with zero attached hydrogens (tertiary/aromatic N) is 2. The number of methoxy groups -OCH3 is 2. The highest BCUT2D eigenvalue weighted by atomic mass is 35.5. The third-order valence-electron chi connectivity index (χ3n) is 6.30. The first kappa shape index (κ1) is 22.4. The van der Waals surface area contributed by atoms with Crippen molar-refractivity contribution in [2.24, 2.45) is 4.99 Å². The van der Waals surface area contributed by atoms with Crippen molar-refractivity contribution in [3.63, 3.8) is 0 Å². The second kappa shape index (κ2) is 9.00. The zero-order valence-electron chi connectivity index (χ0n) is 18.5. The van der Waals surface area contributed by atoms with Gasteiger partial charge < -0.3 is 19.5 Å². The van der Waals surface area contributed by atoms with Crippen LogP contribution in [0.3, 0.4) is 0 Å². The number of aliphatic imine (C=N–C) groups is 1. The van der Waals surface area contributed by atoms with Crippen LogP contribution in [0.1, 0.15) is 43.4 Å². The molecule has 32 heavy (non-hydrogen) atoms. The SMILES string of the molecule is COc1ccc([C@H]2CC(c3cc(Cl)ccc3O)=NC3(CCN(C(C)=O)CC3)N2)cc1OC. The van der Waals surface area contributed by atoms with E-state index in [0.717, 1.165) is 11.3 Å².